The van der Waals surface area contributed by atoms with Gasteiger partial charge < -0.3 is 9.80 Å². The molecule has 0 radical (unpaired) electrons. The minimum absolute atomic E-state index is 0.238. The predicted molar refractivity (Wildman–Crippen MR) is 270 cm³/mol. The maximum Gasteiger partial charge on any atom is 0.0647 e. The molecule has 0 saturated heterocycles. The Hall–Kier alpha value is -5.94. The molecule has 2 nitrogen and oxygen atoms in total. The molecule has 0 atom stereocenters. The maximum atomic E-state index is 2.52. The summed E-state index contributed by atoms with van der Waals surface area (Å²) in [5.74, 6) is 0. The summed E-state index contributed by atoms with van der Waals surface area (Å²) in [5.41, 5.74) is 25.8. The minimum atomic E-state index is -0.238. The first-order valence-electron chi connectivity index (χ1n) is 21.9. The average Bonchev–Trinajstić information content (AvgIpc) is 3.95. The van der Waals surface area contributed by atoms with Gasteiger partial charge in [0.15, 0.2) is 0 Å². The van der Waals surface area contributed by atoms with Gasteiger partial charge in [-0.15, -0.1) is 22.7 Å². The molecule has 0 spiro atoms. The van der Waals surface area contributed by atoms with Crippen molar-refractivity contribution in [2.24, 2.45) is 0 Å². The van der Waals surface area contributed by atoms with E-state index < -0.39 is 0 Å². The van der Waals surface area contributed by atoms with Crippen molar-refractivity contribution in [2.45, 2.75) is 80.1 Å². The van der Waals surface area contributed by atoms with Crippen molar-refractivity contribution in [2.75, 3.05) is 9.80 Å². The Labute approximate surface area is 374 Å². The normalized spacial score (nSPS) is 14.2. The van der Waals surface area contributed by atoms with Gasteiger partial charge in [-0.25, -0.2) is 0 Å². The molecular weight excluding hydrogens is 789 g/mol. The second-order valence-electron chi connectivity index (χ2n) is 19.1. The van der Waals surface area contributed by atoms with E-state index in [1.54, 1.807) is 0 Å². The summed E-state index contributed by atoms with van der Waals surface area (Å²) >= 11 is 3.65. The fourth-order valence-corrected chi connectivity index (χ4v) is 13.2. The molecule has 7 aromatic carbocycles. The predicted octanol–water partition coefficient (Wildman–Crippen LogP) is 17.5. The van der Waals surface area contributed by atoms with Gasteiger partial charge in [0.25, 0.3) is 0 Å². The molecular formula is C58H52N2S2. The number of rotatable bonds is 6. The second kappa shape index (κ2) is 13.8. The summed E-state index contributed by atoms with van der Waals surface area (Å²) in [6, 6.07) is 46.4. The number of aryl methyl sites for hydroxylation is 6. The molecule has 2 aliphatic rings. The van der Waals surface area contributed by atoms with Crippen LogP contribution in [0.1, 0.15) is 83.3 Å². The highest BCUT2D eigenvalue weighted by atomic mass is 32.1. The fourth-order valence-electron chi connectivity index (χ4n) is 11.4. The number of thiophene rings is 2. The molecule has 11 rings (SSSR count). The van der Waals surface area contributed by atoms with Crippen molar-refractivity contribution >= 4 is 77.0 Å². The van der Waals surface area contributed by atoms with Crippen LogP contribution in [-0.2, 0) is 10.8 Å². The van der Waals surface area contributed by atoms with Crippen LogP contribution in [0.25, 0.3) is 42.4 Å². The summed E-state index contributed by atoms with van der Waals surface area (Å²) in [7, 11) is 0. The number of fused-ring (bicyclic) bond motifs is 9. The number of anilines is 6. The van der Waals surface area contributed by atoms with E-state index >= 15 is 0 Å². The lowest BCUT2D eigenvalue weighted by molar-refractivity contribution is 0.601. The molecule has 0 bridgehead atoms. The Bertz CT molecular complexity index is 3070. The van der Waals surface area contributed by atoms with Crippen LogP contribution < -0.4 is 9.80 Å². The van der Waals surface area contributed by atoms with Crippen LogP contribution in [0, 0.1) is 41.5 Å². The number of benzene rings is 7. The SMILES string of the molecule is Cc1cc(C)cc(N(c2cc(C)c3c(c2)C(C)(C)c2c-3ccc3c2C(C)(C)c2cc(N(c4cc(C)cc(C)c4)c4csc5ccccc45)cc(C)c2-3)c2csc3ccccc23)c1. The molecule has 0 saturated carbocycles. The number of nitrogens with zero attached hydrogens (tertiary/aromatic N) is 2. The van der Waals surface area contributed by atoms with Gasteiger partial charge in [0.2, 0.25) is 0 Å². The van der Waals surface area contributed by atoms with Gasteiger partial charge in [0.1, 0.15) is 0 Å². The van der Waals surface area contributed by atoms with Gasteiger partial charge in [-0.3, -0.25) is 0 Å². The highest BCUT2D eigenvalue weighted by Crippen LogP contribution is 2.61. The smallest absolute Gasteiger partial charge is 0.0647 e. The van der Waals surface area contributed by atoms with E-state index in [0.29, 0.717) is 0 Å². The zero-order valence-electron chi connectivity index (χ0n) is 37.4. The Kier molecular flexibility index (Phi) is 8.66. The highest BCUT2D eigenvalue weighted by molar-refractivity contribution is 7.18. The molecule has 0 N–H and O–H groups in total. The Morgan fingerprint density at radius 1 is 0.403 bits per heavy atom. The third-order valence-electron chi connectivity index (χ3n) is 13.8. The molecule has 0 amide bonds. The lowest BCUT2D eigenvalue weighted by Crippen LogP contribution is -2.24. The van der Waals surface area contributed by atoms with Crippen LogP contribution in [0.5, 0.6) is 0 Å². The van der Waals surface area contributed by atoms with E-state index in [1.807, 2.05) is 22.7 Å². The van der Waals surface area contributed by atoms with Crippen molar-refractivity contribution in [1.29, 1.82) is 0 Å². The Morgan fingerprint density at radius 3 is 1.15 bits per heavy atom. The summed E-state index contributed by atoms with van der Waals surface area (Å²) in [6.45, 7) is 23.4. The monoisotopic (exact) mass is 840 g/mol. The van der Waals surface area contributed by atoms with Crippen LogP contribution in [0.3, 0.4) is 0 Å². The molecule has 2 heterocycles. The molecule has 0 fully saturated rings. The molecule has 62 heavy (non-hydrogen) atoms. The first kappa shape index (κ1) is 38.9. The summed E-state index contributed by atoms with van der Waals surface area (Å²) < 4.78 is 2.61. The number of hydrogen-bond donors (Lipinski definition) is 0. The van der Waals surface area contributed by atoms with Gasteiger partial charge in [-0.1, -0.05) is 88.4 Å². The van der Waals surface area contributed by atoms with Crippen LogP contribution in [-0.4, -0.2) is 0 Å². The van der Waals surface area contributed by atoms with Crippen LogP contribution >= 0.6 is 22.7 Å². The largest absolute Gasteiger partial charge is 0.309 e. The van der Waals surface area contributed by atoms with Gasteiger partial charge in [0.05, 0.1) is 11.4 Å². The molecule has 4 heteroatoms. The highest BCUT2D eigenvalue weighted by Gasteiger charge is 2.47. The summed E-state index contributed by atoms with van der Waals surface area (Å²) in [6.07, 6.45) is 0. The van der Waals surface area contributed by atoms with E-state index in [1.165, 1.54) is 132 Å². The summed E-state index contributed by atoms with van der Waals surface area (Å²) in [4.78, 5) is 5.02. The second-order valence-corrected chi connectivity index (χ2v) is 21.0. The van der Waals surface area contributed by atoms with E-state index in [0.717, 1.165) is 0 Å². The fraction of sp³-hybridized carbons (Fsp3) is 0.207. The van der Waals surface area contributed by atoms with E-state index in [9.17, 15) is 0 Å². The maximum absolute atomic E-state index is 2.52. The van der Waals surface area contributed by atoms with E-state index in [2.05, 4.69) is 211 Å². The average molecular weight is 841 g/mol. The van der Waals surface area contributed by atoms with Crippen molar-refractivity contribution < 1.29 is 0 Å². The molecule has 0 unspecified atom stereocenters. The zero-order chi connectivity index (χ0) is 43.0. The van der Waals surface area contributed by atoms with Crippen LogP contribution in [0.4, 0.5) is 34.1 Å². The Morgan fingerprint density at radius 2 is 0.758 bits per heavy atom. The van der Waals surface area contributed by atoms with Crippen molar-refractivity contribution in [1.82, 2.24) is 0 Å². The zero-order valence-corrected chi connectivity index (χ0v) is 39.0. The lowest BCUT2D eigenvalue weighted by Gasteiger charge is -2.32. The van der Waals surface area contributed by atoms with Crippen molar-refractivity contribution in [3.63, 3.8) is 0 Å². The first-order valence-corrected chi connectivity index (χ1v) is 23.6. The first-order chi connectivity index (χ1) is 29.7. The third kappa shape index (κ3) is 5.72. The molecule has 306 valence electrons. The number of hydrogen-bond acceptors (Lipinski definition) is 4. The van der Waals surface area contributed by atoms with Crippen molar-refractivity contribution in [3.05, 3.63) is 188 Å². The van der Waals surface area contributed by atoms with E-state index in [4.69, 9.17) is 0 Å². The topological polar surface area (TPSA) is 6.48 Å². The van der Waals surface area contributed by atoms with Crippen LogP contribution in [0.15, 0.2) is 132 Å². The lowest BCUT2D eigenvalue weighted by atomic mass is 9.72. The van der Waals surface area contributed by atoms with Crippen molar-refractivity contribution in [3.8, 4) is 22.3 Å². The quantitative estimate of drug-likeness (QED) is 0.165. The third-order valence-corrected chi connectivity index (χ3v) is 15.7. The molecule has 2 aliphatic carbocycles. The van der Waals surface area contributed by atoms with E-state index in [-0.39, 0.29) is 10.8 Å². The Balaban J connectivity index is 1.08. The minimum Gasteiger partial charge on any atom is -0.309 e. The van der Waals surface area contributed by atoms with Gasteiger partial charge >= 0.3 is 0 Å². The molecule has 2 aromatic heterocycles. The standard InChI is InChI=1S/C58H52N2S2/c1-33-21-34(2)24-39(23-33)59(49-31-61-51-17-13-11-15-43(49)51)41-27-37(5)53-45-19-20-46-54-38(6)28-42(30-48(54)58(9,10)56(46)55(45)57(7,8)47(53)29-41)60(40-25-35(3)22-36(4)26-40)50-32-62-52-18-14-12-16-44(50)52/h11-32H,1-10H3. The van der Waals surface area contributed by atoms with Crippen LogP contribution in [0.2, 0.25) is 0 Å². The van der Waals surface area contributed by atoms with Gasteiger partial charge in [-0.2, -0.15) is 0 Å². The van der Waals surface area contributed by atoms with Gasteiger partial charge in [0, 0.05) is 64.5 Å². The molecule has 9 aromatic rings. The molecule has 0 aliphatic heterocycles. The summed E-state index contributed by atoms with van der Waals surface area (Å²) in [5, 5.41) is 7.26. The van der Waals surface area contributed by atoms with Gasteiger partial charge in [-0.05, 0) is 180 Å².